The first-order valence-corrected chi connectivity index (χ1v) is 3.24. The van der Waals surface area contributed by atoms with Crippen LogP contribution in [0.25, 0.3) is 0 Å². The standard InChI is InChI=1S/C6H8N4/c1-4-5(2)10-6(9-4)7-3-8-10/h3,5H,1-2H3. The van der Waals surface area contributed by atoms with Gasteiger partial charge in [-0.05, 0) is 13.8 Å². The van der Waals surface area contributed by atoms with Crippen molar-refractivity contribution in [2.75, 3.05) is 0 Å². The number of hydrogen-bond acceptors (Lipinski definition) is 3. The third kappa shape index (κ3) is 0.531. The van der Waals surface area contributed by atoms with Gasteiger partial charge in [0.2, 0.25) is 5.95 Å². The quantitative estimate of drug-likeness (QED) is 0.532. The number of aromatic nitrogens is 3. The van der Waals surface area contributed by atoms with Gasteiger partial charge in [-0.25, -0.2) is 9.67 Å². The zero-order valence-corrected chi connectivity index (χ0v) is 5.94. The van der Waals surface area contributed by atoms with Gasteiger partial charge >= 0.3 is 0 Å². The second-order valence-corrected chi connectivity index (χ2v) is 2.43. The fourth-order valence-electron chi connectivity index (χ4n) is 1.03. The third-order valence-electron chi connectivity index (χ3n) is 1.80. The maximum Gasteiger partial charge on any atom is 0.248 e. The van der Waals surface area contributed by atoms with Crippen LogP contribution in [-0.2, 0) is 0 Å². The molecule has 0 spiro atoms. The van der Waals surface area contributed by atoms with E-state index in [2.05, 4.69) is 22.0 Å². The van der Waals surface area contributed by atoms with Crippen molar-refractivity contribution in [3.63, 3.8) is 0 Å². The van der Waals surface area contributed by atoms with Gasteiger partial charge in [-0.2, -0.15) is 10.1 Å². The fraction of sp³-hybridized carbons (Fsp3) is 0.500. The molecule has 10 heavy (non-hydrogen) atoms. The zero-order chi connectivity index (χ0) is 7.14. The highest BCUT2D eigenvalue weighted by Crippen LogP contribution is 2.22. The highest BCUT2D eigenvalue weighted by Gasteiger charge is 2.19. The van der Waals surface area contributed by atoms with Gasteiger partial charge in [0.25, 0.3) is 0 Å². The minimum atomic E-state index is 0.289. The summed E-state index contributed by atoms with van der Waals surface area (Å²) in [4.78, 5) is 8.16. The molecule has 0 N–H and O–H groups in total. The summed E-state index contributed by atoms with van der Waals surface area (Å²) >= 11 is 0. The lowest BCUT2D eigenvalue weighted by atomic mass is 10.2. The smallest absolute Gasteiger partial charge is 0.222 e. The van der Waals surface area contributed by atoms with E-state index in [0.717, 1.165) is 11.7 Å². The van der Waals surface area contributed by atoms with E-state index in [-0.39, 0.29) is 6.04 Å². The van der Waals surface area contributed by atoms with Gasteiger partial charge in [-0.3, -0.25) is 0 Å². The minimum absolute atomic E-state index is 0.289. The van der Waals surface area contributed by atoms with Crippen molar-refractivity contribution in [1.82, 2.24) is 14.8 Å². The zero-order valence-electron chi connectivity index (χ0n) is 5.94. The minimum Gasteiger partial charge on any atom is -0.222 e. The molecule has 0 saturated heterocycles. The van der Waals surface area contributed by atoms with Gasteiger partial charge in [0.05, 0.1) is 6.04 Å². The Bertz CT molecular complexity index is 286. The van der Waals surface area contributed by atoms with Gasteiger partial charge in [-0.15, -0.1) is 0 Å². The second kappa shape index (κ2) is 1.65. The van der Waals surface area contributed by atoms with Gasteiger partial charge in [0, 0.05) is 5.71 Å². The summed E-state index contributed by atoms with van der Waals surface area (Å²) in [5, 5.41) is 4.02. The molecule has 2 heterocycles. The van der Waals surface area contributed by atoms with Crippen LogP contribution in [0, 0.1) is 0 Å². The molecule has 0 aromatic carbocycles. The SMILES string of the molecule is CC1=Nc2ncnn2C1C. The average Bonchev–Trinajstić information content (AvgIpc) is 2.41. The molecule has 0 fully saturated rings. The fourth-order valence-corrected chi connectivity index (χ4v) is 1.03. The van der Waals surface area contributed by atoms with E-state index in [0.29, 0.717) is 0 Å². The highest BCUT2D eigenvalue weighted by atomic mass is 15.4. The first-order chi connectivity index (χ1) is 4.79. The van der Waals surface area contributed by atoms with E-state index in [9.17, 15) is 0 Å². The number of nitrogens with zero attached hydrogens (tertiary/aromatic N) is 4. The van der Waals surface area contributed by atoms with Crippen LogP contribution in [0.15, 0.2) is 11.3 Å². The summed E-state index contributed by atoms with van der Waals surface area (Å²) in [7, 11) is 0. The molecule has 0 bridgehead atoms. The lowest BCUT2D eigenvalue weighted by molar-refractivity contribution is 0.633. The molecule has 0 saturated carbocycles. The third-order valence-corrected chi connectivity index (χ3v) is 1.80. The molecule has 1 aromatic rings. The van der Waals surface area contributed by atoms with Crippen LogP contribution in [0.4, 0.5) is 5.95 Å². The molecular formula is C6H8N4. The maximum atomic E-state index is 4.20. The van der Waals surface area contributed by atoms with Crippen molar-refractivity contribution >= 4 is 11.7 Å². The van der Waals surface area contributed by atoms with Crippen LogP contribution in [0.2, 0.25) is 0 Å². The Morgan fingerprint density at radius 1 is 1.60 bits per heavy atom. The van der Waals surface area contributed by atoms with Crippen LogP contribution in [0.5, 0.6) is 0 Å². The largest absolute Gasteiger partial charge is 0.248 e. The molecule has 0 radical (unpaired) electrons. The van der Waals surface area contributed by atoms with Crippen LogP contribution in [0.1, 0.15) is 19.9 Å². The Labute approximate surface area is 58.6 Å². The predicted molar refractivity (Wildman–Crippen MR) is 37.5 cm³/mol. The maximum absolute atomic E-state index is 4.20. The predicted octanol–water partition coefficient (Wildman–Crippen LogP) is 0.945. The van der Waals surface area contributed by atoms with Gasteiger partial charge < -0.3 is 0 Å². The molecule has 1 aliphatic heterocycles. The molecule has 52 valence electrons. The van der Waals surface area contributed by atoms with Crippen LogP contribution >= 0.6 is 0 Å². The molecule has 1 aromatic heterocycles. The first kappa shape index (κ1) is 5.58. The molecular weight excluding hydrogens is 128 g/mol. The summed E-state index contributed by atoms with van der Waals surface area (Å²) in [6.45, 7) is 4.05. The summed E-state index contributed by atoms with van der Waals surface area (Å²) in [5.74, 6) is 0.727. The van der Waals surface area contributed by atoms with Crippen molar-refractivity contribution in [2.45, 2.75) is 19.9 Å². The Morgan fingerprint density at radius 3 is 3.10 bits per heavy atom. The van der Waals surface area contributed by atoms with Crippen molar-refractivity contribution in [3.8, 4) is 0 Å². The van der Waals surface area contributed by atoms with Crippen molar-refractivity contribution in [2.24, 2.45) is 4.99 Å². The number of fused-ring (bicyclic) bond motifs is 1. The monoisotopic (exact) mass is 136 g/mol. The number of hydrogen-bond donors (Lipinski definition) is 0. The van der Waals surface area contributed by atoms with Crippen molar-refractivity contribution in [3.05, 3.63) is 6.33 Å². The van der Waals surface area contributed by atoms with Crippen molar-refractivity contribution in [1.29, 1.82) is 0 Å². The van der Waals surface area contributed by atoms with E-state index in [1.54, 1.807) is 0 Å². The summed E-state index contributed by atoms with van der Waals surface area (Å²) in [6, 6.07) is 0.289. The first-order valence-electron chi connectivity index (χ1n) is 3.24. The Morgan fingerprint density at radius 2 is 2.40 bits per heavy atom. The van der Waals surface area contributed by atoms with E-state index < -0.39 is 0 Å². The van der Waals surface area contributed by atoms with Gasteiger partial charge in [0.15, 0.2) is 0 Å². The molecule has 4 nitrogen and oxygen atoms in total. The normalized spacial score (nSPS) is 22.6. The van der Waals surface area contributed by atoms with E-state index in [4.69, 9.17) is 0 Å². The highest BCUT2D eigenvalue weighted by molar-refractivity contribution is 5.89. The summed E-state index contributed by atoms with van der Waals surface area (Å²) < 4.78 is 1.81. The Balaban J connectivity index is 2.57. The van der Waals surface area contributed by atoms with Crippen LogP contribution in [0.3, 0.4) is 0 Å². The average molecular weight is 136 g/mol. The summed E-state index contributed by atoms with van der Waals surface area (Å²) in [5.41, 5.74) is 1.08. The van der Waals surface area contributed by atoms with Crippen LogP contribution in [-0.4, -0.2) is 20.5 Å². The van der Waals surface area contributed by atoms with E-state index in [1.165, 1.54) is 6.33 Å². The van der Waals surface area contributed by atoms with Gasteiger partial charge in [0.1, 0.15) is 6.33 Å². The van der Waals surface area contributed by atoms with E-state index >= 15 is 0 Å². The molecule has 1 atom stereocenters. The topological polar surface area (TPSA) is 43.1 Å². The summed E-state index contributed by atoms with van der Waals surface area (Å²) in [6.07, 6.45) is 1.53. The lowest BCUT2D eigenvalue weighted by Gasteiger charge is -2.01. The Kier molecular flexibility index (Phi) is 0.922. The lowest BCUT2D eigenvalue weighted by Crippen LogP contribution is -2.08. The second-order valence-electron chi connectivity index (χ2n) is 2.43. The number of aliphatic imine (C=N–C) groups is 1. The van der Waals surface area contributed by atoms with Gasteiger partial charge in [-0.1, -0.05) is 0 Å². The molecule has 1 aliphatic rings. The Hall–Kier alpha value is -1.19. The van der Waals surface area contributed by atoms with Crippen molar-refractivity contribution < 1.29 is 0 Å². The molecule has 4 heteroatoms. The van der Waals surface area contributed by atoms with E-state index in [1.807, 2.05) is 11.6 Å². The molecule has 2 rings (SSSR count). The molecule has 1 unspecified atom stereocenters. The number of rotatable bonds is 0. The van der Waals surface area contributed by atoms with Crippen LogP contribution < -0.4 is 0 Å². The molecule has 0 amide bonds. The molecule has 0 aliphatic carbocycles.